The second kappa shape index (κ2) is 9.06. The summed E-state index contributed by atoms with van der Waals surface area (Å²) in [5.74, 6) is 1.27. The molecule has 5 heteroatoms. The molecule has 0 unspecified atom stereocenters. The molecule has 0 saturated carbocycles. The maximum atomic E-state index is 11.7. The molecule has 0 radical (unpaired) electrons. The van der Waals surface area contributed by atoms with E-state index in [4.69, 9.17) is 21.1 Å². The van der Waals surface area contributed by atoms with Gasteiger partial charge in [0, 0.05) is 11.6 Å². The Morgan fingerprint density at radius 3 is 2.35 bits per heavy atom. The molecule has 1 N–H and O–H groups in total. The number of amides is 1. The highest BCUT2D eigenvalue weighted by Crippen LogP contribution is 2.16. The van der Waals surface area contributed by atoms with Crippen molar-refractivity contribution in [2.75, 3.05) is 20.3 Å². The molecule has 1 amide bonds. The first-order chi connectivity index (χ1) is 11.2. The van der Waals surface area contributed by atoms with Crippen LogP contribution < -0.4 is 14.8 Å². The zero-order valence-electron chi connectivity index (χ0n) is 13.0. The van der Waals surface area contributed by atoms with E-state index >= 15 is 0 Å². The molecule has 0 aliphatic rings. The van der Waals surface area contributed by atoms with Crippen molar-refractivity contribution in [1.29, 1.82) is 0 Å². The van der Waals surface area contributed by atoms with Crippen LogP contribution in [-0.4, -0.2) is 26.2 Å². The molecule has 4 nitrogen and oxygen atoms in total. The van der Waals surface area contributed by atoms with Crippen molar-refractivity contribution in [3.8, 4) is 11.5 Å². The van der Waals surface area contributed by atoms with Crippen molar-refractivity contribution in [2.45, 2.75) is 12.8 Å². The van der Waals surface area contributed by atoms with E-state index < -0.39 is 0 Å². The zero-order chi connectivity index (χ0) is 16.5. The minimum Gasteiger partial charge on any atom is -0.497 e. The predicted molar refractivity (Wildman–Crippen MR) is 91.3 cm³/mol. The molecule has 0 aliphatic carbocycles. The number of halogens is 1. The van der Waals surface area contributed by atoms with E-state index in [-0.39, 0.29) is 12.5 Å². The third-order valence-electron chi connectivity index (χ3n) is 3.31. The lowest BCUT2D eigenvalue weighted by Gasteiger charge is -2.08. The highest BCUT2D eigenvalue weighted by atomic mass is 35.5. The third-order valence-corrected chi connectivity index (χ3v) is 3.56. The molecule has 2 aromatic carbocycles. The Bertz CT molecular complexity index is 611. The maximum absolute atomic E-state index is 11.7. The summed E-state index contributed by atoms with van der Waals surface area (Å²) in [5.41, 5.74) is 1.21. The Morgan fingerprint density at radius 2 is 1.70 bits per heavy atom. The van der Waals surface area contributed by atoms with Crippen molar-refractivity contribution in [3.05, 3.63) is 59.1 Å². The Morgan fingerprint density at radius 1 is 1.04 bits per heavy atom. The van der Waals surface area contributed by atoms with E-state index in [0.717, 1.165) is 23.6 Å². The van der Waals surface area contributed by atoms with Crippen LogP contribution in [0.3, 0.4) is 0 Å². The number of hydrogen-bond donors (Lipinski definition) is 1. The Kier molecular flexibility index (Phi) is 6.76. The molecular formula is C18H20ClNO3. The van der Waals surface area contributed by atoms with E-state index in [1.165, 1.54) is 5.56 Å². The van der Waals surface area contributed by atoms with Gasteiger partial charge in [-0.2, -0.15) is 0 Å². The molecule has 0 fully saturated rings. The third kappa shape index (κ3) is 6.20. The fourth-order valence-electron chi connectivity index (χ4n) is 2.04. The summed E-state index contributed by atoms with van der Waals surface area (Å²) in [6, 6.07) is 14.9. The van der Waals surface area contributed by atoms with E-state index in [0.29, 0.717) is 12.3 Å². The largest absolute Gasteiger partial charge is 0.497 e. The average molecular weight is 334 g/mol. The first-order valence-corrected chi connectivity index (χ1v) is 7.83. The maximum Gasteiger partial charge on any atom is 0.257 e. The van der Waals surface area contributed by atoms with Crippen molar-refractivity contribution < 1.29 is 14.3 Å². The SMILES string of the molecule is COc1ccc(OCC(=O)NCCCc2ccc(Cl)cc2)cc1. The average Bonchev–Trinajstić information content (AvgIpc) is 2.59. The molecule has 2 aromatic rings. The number of hydrogen-bond acceptors (Lipinski definition) is 3. The molecule has 23 heavy (non-hydrogen) atoms. The molecule has 0 spiro atoms. The van der Waals surface area contributed by atoms with Gasteiger partial charge in [0.15, 0.2) is 6.61 Å². The van der Waals surface area contributed by atoms with E-state index in [1.807, 2.05) is 24.3 Å². The van der Waals surface area contributed by atoms with Gasteiger partial charge in [-0.3, -0.25) is 4.79 Å². The van der Waals surface area contributed by atoms with Gasteiger partial charge in [-0.25, -0.2) is 0 Å². The van der Waals surface area contributed by atoms with Crippen molar-refractivity contribution in [3.63, 3.8) is 0 Å². The van der Waals surface area contributed by atoms with Crippen LogP contribution in [0, 0.1) is 0 Å². The summed E-state index contributed by atoms with van der Waals surface area (Å²) in [6.45, 7) is 0.626. The van der Waals surface area contributed by atoms with Gasteiger partial charge in [-0.15, -0.1) is 0 Å². The summed E-state index contributed by atoms with van der Waals surface area (Å²) in [7, 11) is 1.60. The number of ether oxygens (including phenoxy) is 2. The molecule has 0 aromatic heterocycles. The second-order valence-electron chi connectivity index (χ2n) is 5.04. The fraction of sp³-hybridized carbons (Fsp3) is 0.278. The number of benzene rings is 2. The lowest BCUT2D eigenvalue weighted by Crippen LogP contribution is -2.29. The lowest BCUT2D eigenvalue weighted by atomic mass is 10.1. The normalized spacial score (nSPS) is 10.2. The lowest BCUT2D eigenvalue weighted by molar-refractivity contribution is -0.123. The molecule has 2 rings (SSSR count). The quantitative estimate of drug-likeness (QED) is 0.752. The predicted octanol–water partition coefficient (Wildman–Crippen LogP) is 3.48. The molecule has 0 heterocycles. The monoisotopic (exact) mass is 333 g/mol. The number of carbonyl (C=O) groups excluding carboxylic acids is 1. The van der Waals surface area contributed by atoms with Crippen LogP contribution in [0.1, 0.15) is 12.0 Å². The van der Waals surface area contributed by atoms with Crippen LogP contribution in [0.5, 0.6) is 11.5 Å². The minimum absolute atomic E-state index is 0.00722. The number of aryl methyl sites for hydroxylation is 1. The summed E-state index contributed by atoms with van der Waals surface area (Å²) < 4.78 is 10.5. The number of rotatable bonds is 8. The van der Waals surface area contributed by atoms with Crippen molar-refractivity contribution in [2.24, 2.45) is 0 Å². The van der Waals surface area contributed by atoms with Gasteiger partial charge in [-0.05, 0) is 54.8 Å². The standard InChI is InChI=1S/C18H20ClNO3/c1-22-16-8-10-17(11-9-16)23-13-18(21)20-12-2-3-14-4-6-15(19)7-5-14/h4-11H,2-3,12-13H2,1H3,(H,20,21). The second-order valence-corrected chi connectivity index (χ2v) is 5.48. The van der Waals surface area contributed by atoms with E-state index in [1.54, 1.807) is 31.4 Å². The van der Waals surface area contributed by atoms with Crippen LogP contribution in [0.25, 0.3) is 0 Å². The topological polar surface area (TPSA) is 47.6 Å². The number of nitrogens with one attached hydrogen (secondary N) is 1. The van der Waals surface area contributed by atoms with Gasteiger partial charge >= 0.3 is 0 Å². The molecule has 0 atom stereocenters. The Hall–Kier alpha value is -2.20. The fourth-order valence-corrected chi connectivity index (χ4v) is 2.17. The van der Waals surface area contributed by atoms with Gasteiger partial charge in [-0.1, -0.05) is 23.7 Å². The smallest absolute Gasteiger partial charge is 0.257 e. The summed E-state index contributed by atoms with van der Waals surface area (Å²) in [4.78, 5) is 11.7. The van der Waals surface area contributed by atoms with Crippen molar-refractivity contribution >= 4 is 17.5 Å². The van der Waals surface area contributed by atoms with Gasteiger partial charge < -0.3 is 14.8 Å². The molecular weight excluding hydrogens is 314 g/mol. The van der Waals surface area contributed by atoms with Crippen LogP contribution in [0.2, 0.25) is 5.02 Å². The molecule has 0 aliphatic heterocycles. The van der Waals surface area contributed by atoms with Gasteiger partial charge in [0.05, 0.1) is 7.11 Å². The van der Waals surface area contributed by atoms with Crippen molar-refractivity contribution in [1.82, 2.24) is 5.32 Å². The Balaban J connectivity index is 1.62. The summed E-state index contributed by atoms with van der Waals surface area (Å²) >= 11 is 5.84. The molecule has 0 saturated heterocycles. The van der Waals surface area contributed by atoms with Crippen LogP contribution in [-0.2, 0) is 11.2 Å². The van der Waals surface area contributed by atoms with Crippen LogP contribution >= 0.6 is 11.6 Å². The highest BCUT2D eigenvalue weighted by Gasteiger charge is 2.03. The van der Waals surface area contributed by atoms with Gasteiger partial charge in [0.2, 0.25) is 0 Å². The highest BCUT2D eigenvalue weighted by molar-refractivity contribution is 6.30. The first kappa shape index (κ1) is 17.2. The number of methoxy groups -OCH3 is 1. The minimum atomic E-state index is -0.128. The van der Waals surface area contributed by atoms with Crippen LogP contribution in [0.15, 0.2) is 48.5 Å². The Labute approximate surface area is 141 Å². The summed E-state index contributed by atoms with van der Waals surface area (Å²) in [6.07, 6.45) is 1.77. The first-order valence-electron chi connectivity index (χ1n) is 7.45. The van der Waals surface area contributed by atoms with E-state index in [2.05, 4.69) is 5.32 Å². The summed E-state index contributed by atoms with van der Waals surface area (Å²) in [5, 5.41) is 3.58. The van der Waals surface area contributed by atoms with Crippen LogP contribution in [0.4, 0.5) is 0 Å². The van der Waals surface area contributed by atoms with Gasteiger partial charge in [0.25, 0.3) is 5.91 Å². The number of carbonyl (C=O) groups is 1. The zero-order valence-corrected chi connectivity index (χ0v) is 13.8. The van der Waals surface area contributed by atoms with E-state index in [9.17, 15) is 4.79 Å². The molecule has 0 bridgehead atoms. The molecule has 122 valence electrons. The van der Waals surface area contributed by atoms with Gasteiger partial charge in [0.1, 0.15) is 11.5 Å².